The molecule has 9 heteroatoms. The van der Waals surface area contributed by atoms with Gasteiger partial charge >= 0.3 is 4.87 Å². The number of aromatic nitrogens is 1. The summed E-state index contributed by atoms with van der Waals surface area (Å²) in [6.07, 6.45) is 0. The fourth-order valence-electron chi connectivity index (χ4n) is 2.91. The first kappa shape index (κ1) is 19.8. The summed E-state index contributed by atoms with van der Waals surface area (Å²) < 4.78 is 44.3. The lowest BCUT2D eigenvalue weighted by atomic mass is 10.2. The number of benzene rings is 3. The first-order valence-electron chi connectivity index (χ1n) is 8.49. The van der Waals surface area contributed by atoms with Crippen molar-refractivity contribution in [1.82, 2.24) is 4.57 Å². The van der Waals surface area contributed by atoms with E-state index in [1.54, 1.807) is 16.7 Å². The predicted molar refractivity (Wildman–Crippen MR) is 117 cm³/mol. The fourth-order valence-corrected chi connectivity index (χ4v) is 5.34. The Kier molecular flexibility index (Phi) is 5.28. The number of nitrogens with one attached hydrogen (secondary N) is 1. The van der Waals surface area contributed by atoms with E-state index in [2.05, 4.69) is 20.7 Å². The van der Waals surface area contributed by atoms with Crippen molar-refractivity contribution in [3.8, 4) is 0 Å². The quantitative estimate of drug-likeness (QED) is 0.434. The second-order valence-electron chi connectivity index (χ2n) is 6.30. The van der Waals surface area contributed by atoms with Crippen LogP contribution in [0.5, 0.6) is 0 Å². The molecule has 0 saturated heterocycles. The molecule has 3 aromatic carbocycles. The van der Waals surface area contributed by atoms with Gasteiger partial charge in [-0.25, -0.2) is 12.8 Å². The molecule has 0 atom stereocenters. The van der Waals surface area contributed by atoms with Crippen LogP contribution in [0.2, 0.25) is 0 Å². The van der Waals surface area contributed by atoms with Crippen molar-refractivity contribution in [2.24, 2.45) is 0 Å². The Balaban J connectivity index is 1.69. The molecule has 0 aliphatic rings. The Morgan fingerprint density at radius 2 is 1.79 bits per heavy atom. The molecule has 0 aliphatic heterocycles. The largest absolute Gasteiger partial charge is 0.308 e. The number of hydrogen-bond donors (Lipinski definition) is 1. The molecule has 0 radical (unpaired) electrons. The summed E-state index contributed by atoms with van der Waals surface area (Å²) in [6.45, 7) is 0.397. The summed E-state index contributed by atoms with van der Waals surface area (Å²) in [4.78, 5) is 12.2. The second-order valence-corrected chi connectivity index (χ2v) is 9.89. The van der Waals surface area contributed by atoms with Crippen molar-refractivity contribution < 1.29 is 12.8 Å². The van der Waals surface area contributed by atoms with E-state index in [9.17, 15) is 17.6 Å². The van der Waals surface area contributed by atoms with E-state index in [1.807, 2.05) is 30.3 Å². The zero-order valence-electron chi connectivity index (χ0n) is 14.8. The highest BCUT2D eigenvalue weighted by atomic mass is 79.9. The van der Waals surface area contributed by atoms with Gasteiger partial charge in [-0.3, -0.25) is 14.1 Å². The molecule has 0 amide bonds. The van der Waals surface area contributed by atoms with Gasteiger partial charge in [0.15, 0.2) is 0 Å². The first-order chi connectivity index (χ1) is 13.8. The van der Waals surface area contributed by atoms with E-state index >= 15 is 0 Å². The van der Waals surface area contributed by atoms with Gasteiger partial charge in [-0.15, -0.1) is 0 Å². The van der Waals surface area contributed by atoms with Crippen molar-refractivity contribution in [2.45, 2.75) is 11.4 Å². The standard InChI is InChI=1S/C20H14BrFN2O3S2/c21-14-6-8-17(16(22)10-14)23-29(26,27)15-7-9-18-19(11-15)28-20(25)24(18)12-13-4-2-1-3-5-13/h1-11,23H,12H2. The molecule has 0 saturated carbocycles. The van der Waals surface area contributed by atoms with Crippen molar-refractivity contribution in [3.63, 3.8) is 0 Å². The highest BCUT2D eigenvalue weighted by molar-refractivity contribution is 9.10. The van der Waals surface area contributed by atoms with Crippen LogP contribution < -0.4 is 9.60 Å². The lowest BCUT2D eigenvalue weighted by Gasteiger charge is -2.10. The van der Waals surface area contributed by atoms with Crippen LogP contribution in [0.15, 0.2) is 80.9 Å². The maximum atomic E-state index is 14.0. The Morgan fingerprint density at radius 1 is 1.03 bits per heavy atom. The molecule has 4 rings (SSSR count). The Morgan fingerprint density at radius 3 is 2.52 bits per heavy atom. The lowest BCUT2D eigenvalue weighted by Crippen LogP contribution is -2.14. The van der Waals surface area contributed by atoms with E-state index in [0.29, 0.717) is 21.2 Å². The normalized spacial score (nSPS) is 11.7. The number of thiazole rings is 1. The number of nitrogens with zero attached hydrogens (tertiary/aromatic N) is 1. The molecule has 0 unspecified atom stereocenters. The first-order valence-corrected chi connectivity index (χ1v) is 11.6. The number of rotatable bonds is 5. The third-order valence-corrected chi connectivity index (χ3v) is 7.11. The van der Waals surface area contributed by atoms with Gasteiger partial charge in [0.25, 0.3) is 10.0 Å². The highest BCUT2D eigenvalue weighted by Crippen LogP contribution is 2.26. The molecular weight excluding hydrogens is 479 g/mol. The second kappa shape index (κ2) is 7.74. The van der Waals surface area contributed by atoms with E-state index < -0.39 is 15.8 Å². The minimum absolute atomic E-state index is 0.0413. The van der Waals surface area contributed by atoms with Crippen molar-refractivity contribution in [1.29, 1.82) is 0 Å². The van der Waals surface area contributed by atoms with Crippen LogP contribution in [0.3, 0.4) is 0 Å². The Labute approximate surface area is 178 Å². The summed E-state index contributed by atoms with van der Waals surface area (Å²) in [6, 6.07) is 18.0. The number of sulfonamides is 1. The topological polar surface area (TPSA) is 68.2 Å². The summed E-state index contributed by atoms with van der Waals surface area (Å²) in [5, 5.41) is 0. The van der Waals surface area contributed by atoms with Gasteiger partial charge in [-0.2, -0.15) is 0 Å². The van der Waals surface area contributed by atoms with Crippen LogP contribution in [0.4, 0.5) is 10.1 Å². The maximum absolute atomic E-state index is 14.0. The van der Waals surface area contributed by atoms with Gasteiger partial charge in [0.1, 0.15) is 5.82 Å². The average molecular weight is 493 g/mol. The molecule has 0 spiro atoms. The van der Waals surface area contributed by atoms with E-state index in [-0.39, 0.29) is 15.5 Å². The van der Waals surface area contributed by atoms with E-state index in [0.717, 1.165) is 16.9 Å². The zero-order chi connectivity index (χ0) is 20.6. The minimum atomic E-state index is -4.01. The molecule has 5 nitrogen and oxygen atoms in total. The van der Waals surface area contributed by atoms with Crippen molar-refractivity contribution in [2.75, 3.05) is 4.72 Å². The van der Waals surface area contributed by atoms with Crippen molar-refractivity contribution >= 4 is 53.2 Å². The highest BCUT2D eigenvalue weighted by Gasteiger charge is 2.19. The van der Waals surface area contributed by atoms with Gasteiger partial charge in [0, 0.05) is 4.47 Å². The van der Waals surface area contributed by atoms with Gasteiger partial charge in [0.05, 0.1) is 27.3 Å². The van der Waals surface area contributed by atoms with Crippen LogP contribution in [0, 0.1) is 5.82 Å². The smallest absolute Gasteiger partial charge is 0.294 e. The zero-order valence-corrected chi connectivity index (χ0v) is 18.0. The number of anilines is 1. The van der Waals surface area contributed by atoms with E-state index in [1.165, 1.54) is 24.3 Å². The number of hydrogen-bond acceptors (Lipinski definition) is 4. The number of halogens is 2. The molecule has 1 N–H and O–H groups in total. The summed E-state index contributed by atoms with van der Waals surface area (Å²) in [5.41, 5.74) is 1.47. The molecule has 0 fully saturated rings. The van der Waals surface area contributed by atoms with Gasteiger partial charge in [0.2, 0.25) is 0 Å². The molecule has 1 aromatic heterocycles. The molecule has 4 aromatic rings. The Bertz CT molecular complexity index is 1370. The van der Waals surface area contributed by atoms with Crippen molar-refractivity contribution in [3.05, 3.63) is 92.3 Å². The van der Waals surface area contributed by atoms with Crippen LogP contribution in [0.1, 0.15) is 5.56 Å². The van der Waals surface area contributed by atoms with Crippen LogP contribution >= 0.6 is 27.3 Å². The summed E-state index contributed by atoms with van der Waals surface area (Å²) in [5.74, 6) is -0.692. The Hall–Kier alpha value is -2.49. The monoisotopic (exact) mass is 492 g/mol. The number of fused-ring (bicyclic) bond motifs is 1. The van der Waals surface area contributed by atoms with Gasteiger partial charge in [-0.05, 0) is 42.0 Å². The van der Waals surface area contributed by atoms with Crippen LogP contribution in [0.25, 0.3) is 10.2 Å². The lowest BCUT2D eigenvalue weighted by molar-refractivity contribution is 0.598. The van der Waals surface area contributed by atoms with E-state index in [4.69, 9.17) is 0 Å². The predicted octanol–water partition coefficient (Wildman–Crippen LogP) is 4.81. The maximum Gasteiger partial charge on any atom is 0.308 e. The summed E-state index contributed by atoms with van der Waals surface area (Å²) in [7, 11) is -4.01. The molecule has 148 valence electrons. The molecular formula is C20H14BrFN2O3S2. The van der Waals surface area contributed by atoms with Crippen LogP contribution in [-0.4, -0.2) is 13.0 Å². The van der Waals surface area contributed by atoms with Gasteiger partial charge < -0.3 is 0 Å². The average Bonchev–Trinajstić information content (AvgIpc) is 2.99. The third kappa shape index (κ3) is 4.12. The summed E-state index contributed by atoms with van der Waals surface area (Å²) >= 11 is 4.11. The molecule has 0 bridgehead atoms. The third-order valence-electron chi connectivity index (χ3n) is 4.31. The fraction of sp³-hybridized carbons (Fsp3) is 0.0500. The van der Waals surface area contributed by atoms with Gasteiger partial charge in [-0.1, -0.05) is 57.6 Å². The minimum Gasteiger partial charge on any atom is -0.294 e. The molecule has 0 aliphatic carbocycles. The molecule has 29 heavy (non-hydrogen) atoms. The SMILES string of the molecule is O=c1sc2cc(S(=O)(=O)Nc3ccc(Br)cc3F)ccc2n1Cc1ccccc1. The molecule has 1 heterocycles. The van der Waals surface area contributed by atoms with Crippen LogP contribution in [-0.2, 0) is 16.6 Å².